The number of quaternary nitrogens is 1. The predicted molar refractivity (Wildman–Crippen MR) is 231 cm³/mol. The molecule has 0 bridgehead atoms. The van der Waals surface area contributed by atoms with Gasteiger partial charge in [0.2, 0.25) is 0 Å². The molecule has 0 heterocycles. The summed E-state index contributed by atoms with van der Waals surface area (Å²) in [6.07, 6.45) is 31.9. The highest BCUT2D eigenvalue weighted by atomic mass is 31.2. The smallest absolute Gasteiger partial charge is 0.306 e. The molecule has 0 amide bonds. The van der Waals surface area contributed by atoms with Crippen LogP contribution in [0.5, 0.6) is 0 Å². The van der Waals surface area contributed by atoms with E-state index in [9.17, 15) is 34.4 Å². The van der Waals surface area contributed by atoms with Crippen molar-refractivity contribution in [3.05, 3.63) is 60.8 Å². The van der Waals surface area contributed by atoms with Crippen molar-refractivity contribution < 1.29 is 57.4 Å². The minimum absolute atomic E-state index is 0.0933. The standard InChI is InChI=1S/C45H80NO11P/c1-6-8-10-11-12-13-14-15-16-17-18-19-24-28-34-44(50)54-38-41(39-56-58(52,53)55-37-36-46(3,4)5)57-45(51)35-29-33-43(49)42(48)32-27-23-21-20-22-26-31-40(47)30-25-9-7-2/h9,20-23,25-27,31-32,40-43,47-49H,6-8,10-19,24,28-30,33-39H2,1-5H3/b22-20+,23-21-,25-9-,31-26+,32-27-/t40-,41+,42+,43+/m0/s1. The van der Waals surface area contributed by atoms with Crippen molar-refractivity contribution in [3.63, 3.8) is 0 Å². The number of hydrogen-bond acceptors (Lipinski definition) is 11. The van der Waals surface area contributed by atoms with Crippen molar-refractivity contribution >= 4 is 19.8 Å². The molecule has 12 nitrogen and oxygen atoms in total. The zero-order valence-electron chi connectivity index (χ0n) is 36.6. The summed E-state index contributed by atoms with van der Waals surface area (Å²) in [5.74, 6) is -1.17. The monoisotopic (exact) mass is 842 g/mol. The van der Waals surface area contributed by atoms with Gasteiger partial charge < -0.3 is 43.2 Å². The van der Waals surface area contributed by atoms with Crippen LogP contribution in [0.1, 0.15) is 142 Å². The van der Waals surface area contributed by atoms with Gasteiger partial charge in [-0.05, 0) is 32.1 Å². The SMILES string of the molecule is CC/C=C\C[C@H](O)/C=C/C=C/C=C\C=C/[C@@H](O)[C@H](O)CCCC(=O)O[C@H](COC(=O)CCCCCCCCCCCCCCCC)COP(=O)([O-])OCC[N+](C)(C)C. The van der Waals surface area contributed by atoms with Crippen molar-refractivity contribution in [2.75, 3.05) is 47.5 Å². The third kappa shape index (κ3) is 37.8. The number of unbranched alkanes of at least 4 members (excludes halogenated alkanes) is 13. The van der Waals surface area contributed by atoms with Gasteiger partial charge >= 0.3 is 11.9 Å². The zero-order chi connectivity index (χ0) is 43.3. The average molecular weight is 842 g/mol. The summed E-state index contributed by atoms with van der Waals surface area (Å²) >= 11 is 0. The van der Waals surface area contributed by atoms with E-state index in [4.69, 9.17) is 18.5 Å². The maximum atomic E-state index is 12.7. The number of likely N-dealkylation sites (N-methyl/N-ethyl adjacent to an activating group) is 1. The number of phosphoric acid groups is 1. The molecule has 0 saturated heterocycles. The van der Waals surface area contributed by atoms with E-state index in [-0.39, 0.29) is 38.9 Å². The van der Waals surface area contributed by atoms with Crippen molar-refractivity contribution in [3.8, 4) is 0 Å². The Morgan fingerprint density at radius 3 is 1.78 bits per heavy atom. The molecule has 0 rings (SSSR count). The summed E-state index contributed by atoms with van der Waals surface area (Å²) in [6, 6.07) is 0. The molecule has 0 spiro atoms. The van der Waals surface area contributed by atoms with E-state index in [1.54, 1.807) is 42.5 Å². The number of nitrogens with zero attached hydrogens (tertiary/aromatic N) is 1. The Hall–Kier alpha value is -2.41. The normalized spacial score (nSPS) is 15.8. The van der Waals surface area contributed by atoms with Gasteiger partial charge in [0.05, 0.1) is 46.1 Å². The summed E-state index contributed by atoms with van der Waals surface area (Å²) in [6.45, 7) is 3.62. The van der Waals surface area contributed by atoms with Crippen LogP contribution in [0.15, 0.2) is 60.8 Å². The van der Waals surface area contributed by atoms with E-state index < -0.39 is 50.8 Å². The summed E-state index contributed by atoms with van der Waals surface area (Å²) in [4.78, 5) is 37.6. The van der Waals surface area contributed by atoms with Crippen molar-refractivity contribution in [1.82, 2.24) is 0 Å². The number of allylic oxidation sites excluding steroid dienone is 7. The highest BCUT2D eigenvalue weighted by Crippen LogP contribution is 2.38. The van der Waals surface area contributed by atoms with Crippen LogP contribution in [0.2, 0.25) is 0 Å². The van der Waals surface area contributed by atoms with Crippen LogP contribution in [-0.2, 0) is 32.7 Å². The van der Waals surface area contributed by atoms with Gasteiger partial charge in [-0.1, -0.05) is 158 Å². The Balaban J connectivity index is 4.72. The quantitative estimate of drug-likeness (QED) is 0.0136. The van der Waals surface area contributed by atoms with Crippen molar-refractivity contribution in [2.45, 2.75) is 167 Å². The van der Waals surface area contributed by atoms with Gasteiger partial charge in [-0.2, -0.15) is 0 Å². The first-order valence-corrected chi connectivity index (χ1v) is 23.3. The lowest BCUT2D eigenvalue weighted by Crippen LogP contribution is -2.37. The molecule has 13 heteroatoms. The number of carbonyl (C=O) groups excluding carboxylic acids is 2. The van der Waals surface area contributed by atoms with Gasteiger partial charge in [-0.25, -0.2) is 0 Å². The fourth-order valence-corrected chi connectivity index (χ4v) is 6.31. The molecule has 0 radical (unpaired) electrons. The Labute approximate surface area is 351 Å². The van der Waals surface area contributed by atoms with Crippen LogP contribution in [0.25, 0.3) is 0 Å². The first kappa shape index (κ1) is 55.6. The molecule has 0 aromatic rings. The van der Waals surface area contributed by atoms with Crippen molar-refractivity contribution in [2.24, 2.45) is 0 Å². The third-order valence-corrected chi connectivity index (χ3v) is 10.1. The second-order valence-corrected chi connectivity index (χ2v) is 17.3. The van der Waals surface area contributed by atoms with Crippen molar-refractivity contribution in [1.29, 1.82) is 0 Å². The lowest BCUT2D eigenvalue weighted by Gasteiger charge is -2.28. The van der Waals surface area contributed by atoms with Crippen LogP contribution < -0.4 is 4.89 Å². The Bertz CT molecular complexity index is 1230. The molecule has 3 N–H and O–H groups in total. The van der Waals surface area contributed by atoms with Crippen LogP contribution in [0.4, 0.5) is 0 Å². The maximum absolute atomic E-state index is 12.7. The Morgan fingerprint density at radius 1 is 0.672 bits per heavy atom. The fourth-order valence-electron chi connectivity index (χ4n) is 5.58. The van der Waals surface area contributed by atoms with E-state index in [0.717, 1.165) is 25.7 Å². The number of esters is 2. The van der Waals surface area contributed by atoms with E-state index in [2.05, 4.69) is 6.92 Å². The highest BCUT2D eigenvalue weighted by Gasteiger charge is 2.22. The van der Waals surface area contributed by atoms with E-state index >= 15 is 0 Å². The molecule has 0 aliphatic carbocycles. The second-order valence-electron chi connectivity index (χ2n) is 15.9. The number of hydrogen-bond donors (Lipinski definition) is 3. The predicted octanol–water partition coefficient (Wildman–Crippen LogP) is 8.35. The second kappa shape index (κ2) is 36.4. The molecule has 0 aliphatic rings. The molecule has 0 saturated carbocycles. The van der Waals surface area contributed by atoms with Crippen LogP contribution in [0.3, 0.4) is 0 Å². The first-order valence-electron chi connectivity index (χ1n) is 21.8. The van der Waals surface area contributed by atoms with E-state index in [1.807, 2.05) is 40.2 Å². The van der Waals surface area contributed by atoms with E-state index in [1.165, 1.54) is 70.3 Å². The number of aliphatic hydroxyl groups is 3. The molecule has 0 aliphatic heterocycles. The molecule has 0 aromatic carbocycles. The number of carbonyl (C=O) groups is 2. The highest BCUT2D eigenvalue weighted by molar-refractivity contribution is 7.45. The molecular formula is C45H80NO11P. The topological polar surface area (TPSA) is 172 Å². The summed E-state index contributed by atoms with van der Waals surface area (Å²) in [5.41, 5.74) is 0. The van der Waals surface area contributed by atoms with Crippen LogP contribution in [0, 0.1) is 0 Å². The molecule has 0 fully saturated rings. The molecule has 58 heavy (non-hydrogen) atoms. The summed E-state index contributed by atoms with van der Waals surface area (Å²) in [7, 11) is 0.941. The van der Waals surface area contributed by atoms with Gasteiger partial charge in [-0.15, -0.1) is 0 Å². The lowest BCUT2D eigenvalue weighted by atomic mass is 10.0. The molecule has 0 aromatic heterocycles. The van der Waals surface area contributed by atoms with Crippen LogP contribution in [-0.4, -0.2) is 104 Å². The Kier molecular flexibility index (Phi) is 34.9. The van der Waals surface area contributed by atoms with Gasteiger partial charge in [0.15, 0.2) is 6.10 Å². The lowest BCUT2D eigenvalue weighted by molar-refractivity contribution is -0.870. The maximum Gasteiger partial charge on any atom is 0.306 e. The zero-order valence-corrected chi connectivity index (χ0v) is 37.4. The average Bonchev–Trinajstić information content (AvgIpc) is 3.16. The van der Waals surface area contributed by atoms with Gasteiger partial charge in [0.1, 0.15) is 19.8 Å². The first-order chi connectivity index (χ1) is 27.7. The molecule has 5 atom stereocenters. The van der Waals surface area contributed by atoms with E-state index in [0.29, 0.717) is 23.9 Å². The molecular weight excluding hydrogens is 761 g/mol. The number of ether oxygens (including phenoxy) is 2. The largest absolute Gasteiger partial charge is 0.756 e. The third-order valence-electron chi connectivity index (χ3n) is 9.14. The summed E-state index contributed by atoms with van der Waals surface area (Å²) < 4.78 is 33.6. The Morgan fingerprint density at radius 2 is 1.21 bits per heavy atom. The van der Waals surface area contributed by atoms with Gasteiger partial charge in [0, 0.05) is 12.8 Å². The fraction of sp³-hybridized carbons (Fsp3) is 0.733. The number of rotatable bonds is 38. The van der Waals surface area contributed by atoms with Gasteiger partial charge in [0.25, 0.3) is 7.82 Å². The minimum Gasteiger partial charge on any atom is -0.756 e. The molecule has 1 unspecified atom stereocenters. The number of phosphoric ester groups is 1. The summed E-state index contributed by atoms with van der Waals surface area (Å²) in [5, 5.41) is 30.5. The minimum atomic E-state index is -4.72. The number of aliphatic hydroxyl groups excluding tert-OH is 3. The van der Waals surface area contributed by atoms with Crippen LogP contribution >= 0.6 is 7.82 Å². The molecule has 336 valence electrons. The van der Waals surface area contributed by atoms with Gasteiger partial charge in [-0.3, -0.25) is 14.2 Å².